The van der Waals surface area contributed by atoms with Gasteiger partial charge in [-0.25, -0.2) is 17.6 Å². The third kappa shape index (κ3) is 7.90. The lowest BCUT2D eigenvalue weighted by molar-refractivity contribution is -0.114. The van der Waals surface area contributed by atoms with Gasteiger partial charge >= 0.3 is 0 Å². The molecule has 37 heavy (non-hydrogen) atoms. The second-order valence-corrected chi connectivity index (χ2v) is 12.4. The summed E-state index contributed by atoms with van der Waals surface area (Å²) in [5, 5.41) is 0. The van der Waals surface area contributed by atoms with Gasteiger partial charge in [-0.3, -0.25) is 9.52 Å². The molecule has 1 amide bonds. The van der Waals surface area contributed by atoms with Crippen LogP contribution in [-0.4, -0.2) is 54.8 Å². The Labute approximate surface area is 219 Å². The maximum atomic E-state index is 11.9. The number of hydrogen-bond acceptors (Lipinski definition) is 8. The Morgan fingerprint density at radius 2 is 1.92 bits per heavy atom. The number of pyridine rings is 1. The number of rotatable bonds is 11. The van der Waals surface area contributed by atoms with E-state index < -0.39 is 20.8 Å². The molecular formula is C26H30N2O7S2. The highest BCUT2D eigenvalue weighted by Crippen LogP contribution is 2.27. The zero-order valence-corrected chi connectivity index (χ0v) is 22.4. The molecule has 2 atom stereocenters. The van der Waals surface area contributed by atoms with Gasteiger partial charge in [-0.2, -0.15) is 0 Å². The lowest BCUT2D eigenvalue weighted by Crippen LogP contribution is -2.20. The first kappa shape index (κ1) is 26.9. The lowest BCUT2D eigenvalue weighted by atomic mass is 9.98. The van der Waals surface area contributed by atoms with E-state index in [2.05, 4.69) is 15.8 Å². The van der Waals surface area contributed by atoms with Crippen LogP contribution in [0.25, 0.3) is 4.91 Å². The minimum atomic E-state index is -3.00. The van der Waals surface area contributed by atoms with Gasteiger partial charge in [-0.1, -0.05) is 12.1 Å². The fourth-order valence-corrected chi connectivity index (χ4v) is 5.55. The quantitative estimate of drug-likeness (QED) is 0.337. The number of sulfone groups is 1. The molecule has 2 aromatic rings. The number of nitrogens with one attached hydrogen (secondary N) is 1. The summed E-state index contributed by atoms with van der Waals surface area (Å²) in [6, 6.07) is 10.7. The molecule has 1 aromatic heterocycles. The van der Waals surface area contributed by atoms with Crippen molar-refractivity contribution in [2.75, 3.05) is 25.2 Å². The van der Waals surface area contributed by atoms with E-state index in [4.69, 9.17) is 14.2 Å². The molecule has 11 heteroatoms. The van der Waals surface area contributed by atoms with Crippen LogP contribution in [0.1, 0.15) is 36.9 Å². The third-order valence-electron chi connectivity index (χ3n) is 5.83. The highest BCUT2D eigenvalue weighted by Gasteiger charge is 2.21. The molecule has 9 nitrogen and oxygen atoms in total. The Bertz CT molecular complexity index is 1340. The monoisotopic (exact) mass is 546 g/mol. The number of aryl methyl sites for hydroxylation is 1. The predicted molar refractivity (Wildman–Crippen MR) is 141 cm³/mol. The Balaban J connectivity index is 1.29. The van der Waals surface area contributed by atoms with Crippen molar-refractivity contribution < 1.29 is 31.6 Å². The highest BCUT2D eigenvalue weighted by molar-refractivity contribution is 7.94. The highest BCUT2D eigenvalue weighted by atomic mass is 32.2. The van der Waals surface area contributed by atoms with Gasteiger partial charge < -0.3 is 14.2 Å². The molecule has 0 radical (unpaired) electrons. The largest absolute Gasteiger partial charge is 0.489 e. The van der Waals surface area contributed by atoms with Crippen LogP contribution in [0.5, 0.6) is 17.4 Å². The molecule has 0 fully saturated rings. The van der Waals surface area contributed by atoms with Crippen molar-refractivity contribution in [1.29, 1.82) is 0 Å². The first-order chi connectivity index (χ1) is 17.7. The molecule has 1 aliphatic heterocycles. The lowest BCUT2D eigenvalue weighted by Gasteiger charge is -2.23. The first-order valence-electron chi connectivity index (χ1n) is 12.0. The topological polar surface area (TPSA) is 121 Å². The van der Waals surface area contributed by atoms with Gasteiger partial charge in [0.2, 0.25) is 5.88 Å². The Hall–Kier alpha value is -3.18. The standard InChI is InChI=1S/C26H30N2O7S2/c1-18-23(11-12-26(27-18)33-13-4-14-37(2,31)32)35-22-6-3-5-19(15-22)17-34-21-9-7-20(8-10-21)24-16-25(29)28-36(24)30/h7-12,15-16,22H,3-6,13-14,17H2,1-2H3,(H,28,29). The normalized spacial score (nSPS) is 19.6. The summed E-state index contributed by atoms with van der Waals surface area (Å²) >= 11 is 0. The molecule has 4 rings (SSSR count). The SMILES string of the molecule is Cc1nc(OCCCS(C)(=O)=O)ccc1OC1C=C(COc2ccc(C3=CC(=O)NS3=O)cc2)CCC1. The molecule has 0 spiro atoms. The van der Waals surface area contributed by atoms with Crippen molar-refractivity contribution in [2.45, 2.75) is 38.7 Å². The Kier molecular flexibility index (Phi) is 8.65. The summed E-state index contributed by atoms with van der Waals surface area (Å²) in [4.78, 5) is 16.3. The third-order valence-corrected chi connectivity index (χ3v) is 8.00. The van der Waals surface area contributed by atoms with Crippen LogP contribution in [0, 0.1) is 6.92 Å². The van der Waals surface area contributed by atoms with Crippen molar-refractivity contribution in [3.05, 3.63) is 65.4 Å². The van der Waals surface area contributed by atoms with Crippen molar-refractivity contribution in [2.24, 2.45) is 0 Å². The van der Waals surface area contributed by atoms with Crippen LogP contribution in [0.2, 0.25) is 0 Å². The number of nitrogens with zero attached hydrogens (tertiary/aromatic N) is 1. The van der Waals surface area contributed by atoms with Gasteiger partial charge in [0.15, 0.2) is 11.0 Å². The fraction of sp³-hybridized carbons (Fsp3) is 0.385. The summed E-state index contributed by atoms with van der Waals surface area (Å²) < 4.78 is 54.4. The van der Waals surface area contributed by atoms with Gasteiger partial charge in [0, 0.05) is 18.4 Å². The zero-order chi connectivity index (χ0) is 26.4. The summed E-state index contributed by atoms with van der Waals surface area (Å²) in [5.41, 5.74) is 2.56. The van der Waals surface area contributed by atoms with Crippen LogP contribution in [0.4, 0.5) is 0 Å². The van der Waals surface area contributed by atoms with Crippen LogP contribution >= 0.6 is 0 Å². The smallest absolute Gasteiger partial charge is 0.257 e. The molecule has 0 saturated heterocycles. The van der Waals surface area contributed by atoms with E-state index in [1.54, 1.807) is 30.3 Å². The number of aromatic nitrogens is 1. The second-order valence-electron chi connectivity index (χ2n) is 9.00. The van der Waals surface area contributed by atoms with Gasteiger partial charge in [0.25, 0.3) is 5.91 Å². The van der Waals surface area contributed by atoms with Crippen molar-refractivity contribution in [3.8, 4) is 17.4 Å². The van der Waals surface area contributed by atoms with Gasteiger partial charge in [-0.05, 0) is 68.0 Å². The van der Waals surface area contributed by atoms with Gasteiger partial charge in [0.1, 0.15) is 34.0 Å². The molecule has 2 aliphatic rings. The summed E-state index contributed by atoms with van der Waals surface area (Å²) in [6.07, 6.45) is 7.76. The van der Waals surface area contributed by atoms with Crippen molar-refractivity contribution >= 4 is 31.6 Å². The Morgan fingerprint density at radius 1 is 1.14 bits per heavy atom. The summed E-state index contributed by atoms with van der Waals surface area (Å²) in [6.45, 7) is 2.57. The number of carbonyl (C=O) groups excluding carboxylic acids is 1. The second kappa shape index (κ2) is 11.9. The molecule has 198 valence electrons. The minimum absolute atomic E-state index is 0.0822. The number of benzene rings is 1. The fourth-order valence-electron chi connectivity index (χ4n) is 3.99. The van der Waals surface area contributed by atoms with E-state index in [1.807, 2.05) is 13.0 Å². The first-order valence-corrected chi connectivity index (χ1v) is 15.2. The Morgan fingerprint density at radius 3 is 2.59 bits per heavy atom. The minimum Gasteiger partial charge on any atom is -0.489 e. The predicted octanol–water partition coefficient (Wildman–Crippen LogP) is 3.27. The average Bonchev–Trinajstić information content (AvgIpc) is 3.20. The number of carbonyl (C=O) groups is 1. The molecule has 1 N–H and O–H groups in total. The molecule has 0 bridgehead atoms. The molecular weight excluding hydrogens is 516 g/mol. The number of amides is 1. The van der Waals surface area contributed by atoms with E-state index in [9.17, 15) is 17.4 Å². The molecule has 0 saturated carbocycles. The number of hydrogen-bond donors (Lipinski definition) is 1. The summed E-state index contributed by atoms with van der Waals surface area (Å²) in [7, 11) is -4.52. The van der Waals surface area contributed by atoms with E-state index in [0.717, 1.165) is 24.8 Å². The van der Waals surface area contributed by atoms with E-state index >= 15 is 0 Å². The van der Waals surface area contributed by atoms with Crippen LogP contribution in [0.15, 0.2) is 54.1 Å². The average molecular weight is 547 g/mol. The van der Waals surface area contributed by atoms with Crippen molar-refractivity contribution in [3.63, 3.8) is 0 Å². The van der Waals surface area contributed by atoms with E-state index in [0.29, 0.717) is 46.6 Å². The van der Waals surface area contributed by atoms with Crippen molar-refractivity contribution in [1.82, 2.24) is 9.71 Å². The maximum absolute atomic E-state index is 11.9. The van der Waals surface area contributed by atoms with Crippen LogP contribution in [0.3, 0.4) is 0 Å². The van der Waals surface area contributed by atoms with Crippen LogP contribution in [-0.2, 0) is 25.6 Å². The summed E-state index contributed by atoms with van der Waals surface area (Å²) in [5.74, 6) is 1.53. The molecule has 1 aromatic carbocycles. The van der Waals surface area contributed by atoms with Crippen LogP contribution < -0.4 is 18.9 Å². The maximum Gasteiger partial charge on any atom is 0.257 e. The molecule has 2 unspecified atom stereocenters. The molecule has 2 heterocycles. The van der Waals surface area contributed by atoms with Gasteiger partial charge in [0.05, 0.1) is 23.0 Å². The van der Waals surface area contributed by atoms with E-state index in [-0.39, 0.29) is 24.4 Å². The zero-order valence-electron chi connectivity index (χ0n) is 20.8. The van der Waals surface area contributed by atoms with E-state index in [1.165, 1.54) is 12.3 Å². The number of ether oxygens (including phenoxy) is 3. The molecule has 1 aliphatic carbocycles. The van der Waals surface area contributed by atoms with Gasteiger partial charge in [-0.15, -0.1) is 0 Å².